The summed E-state index contributed by atoms with van der Waals surface area (Å²) in [4.78, 5) is 23.1. The number of hydrogen-bond acceptors (Lipinski definition) is 5. The number of hydrogen-bond donors (Lipinski definition) is 3. The van der Waals surface area contributed by atoms with Gasteiger partial charge in [-0.3, -0.25) is 4.79 Å². The molecule has 0 aliphatic carbocycles. The lowest BCUT2D eigenvalue weighted by atomic mass is 10.0. The first-order valence-electron chi connectivity index (χ1n) is 8.04. The summed E-state index contributed by atoms with van der Waals surface area (Å²) in [5.41, 5.74) is 1.81. The molecule has 2 aromatic carbocycles. The summed E-state index contributed by atoms with van der Waals surface area (Å²) in [7, 11) is 0. The summed E-state index contributed by atoms with van der Waals surface area (Å²) in [6, 6.07) is 15.1. The Labute approximate surface area is 145 Å². The zero-order chi connectivity index (χ0) is 17.8. The van der Waals surface area contributed by atoms with Crippen molar-refractivity contribution >= 4 is 11.9 Å². The molecule has 1 fully saturated rings. The molecule has 0 spiro atoms. The van der Waals surface area contributed by atoms with Gasteiger partial charge in [0.15, 0.2) is 0 Å². The second kappa shape index (κ2) is 7.46. The van der Waals surface area contributed by atoms with Gasteiger partial charge in [0.25, 0.3) is 0 Å². The minimum Gasteiger partial charge on any atom is -0.480 e. The van der Waals surface area contributed by atoms with E-state index >= 15 is 0 Å². The monoisotopic (exact) mass is 341 g/mol. The van der Waals surface area contributed by atoms with Gasteiger partial charge in [-0.05, 0) is 23.3 Å². The lowest BCUT2D eigenvalue weighted by molar-refractivity contribution is -0.139. The first-order valence-corrected chi connectivity index (χ1v) is 8.04. The van der Waals surface area contributed by atoms with Gasteiger partial charge in [0.05, 0.1) is 5.56 Å². The molecule has 3 N–H and O–H groups in total. The molecule has 3 rings (SSSR count). The molecule has 2 aromatic rings. The fourth-order valence-corrected chi connectivity index (χ4v) is 2.83. The first-order chi connectivity index (χ1) is 12.0. The van der Waals surface area contributed by atoms with Gasteiger partial charge in [0.1, 0.15) is 18.2 Å². The average molecular weight is 341 g/mol. The largest absolute Gasteiger partial charge is 0.480 e. The van der Waals surface area contributed by atoms with Gasteiger partial charge in [-0.2, -0.15) is 0 Å². The number of carboxylic acids is 1. The van der Waals surface area contributed by atoms with Crippen LogP contribution >= 0.6 is 0 Å². The number of carbonyl (C=O) groups excluding carboxylic acids is 1. The van der Waals surface area contributed by atoms with Crippen molar-refractivity contribution < 1.29 is 24.5 Å². The van der Waals surface area contributed by atoms with Crippen LogP contribution in [0.4, 0.5) is 0 Å². The van der Waals surface area contributed by atoms with Gasteiger partial charge in [0, 0.05) is 13.0 Å². The van der Waals surface area contributed by atoms with Gasteiger partial charge in [-0.15, -0.1) is 0 Å². The molecule has 3 atom stereocenters. The van der Waals surface area contributed by atoms with Crippen molar-refractivity contribution in [3.63, 3.8) is 0 Å². The van der Waals surface area contributed by atoms with Crippen molar-refractivity contribution in [2.75, 3.05) is 6.54 Å². The summed E-state index contributed by atoms with van der Waals surface area (Å²) < 4.78 is 5.34. The number of nitrogens with one attached hydrogen (secondary N) is 1. The number of carbonyl (C=O) groups is 2. The maximum absolute atomic E-state index is 12.2. The average Bonchev–Trinajstić information content (AvgIpc) is 3.11. The van der Waals surface area contributed by atoms with Crippen LogP contribution in [0.15, 0.2) is 54.6 Å². The van der Waals surface area contributed by atoms with Crippen LogP contribution in [0.3, 0.4) is 0 Å². The van der Waals surface area contributed by atoms with E-state index < -0.39 is 30.2 Å². The van der Waals surface area contributed by atoms with Gasteiger partial charge < -0.3 is 20.3 Å². The van der Waals surface area contributed by atoms with Crippen molar-refractivity contribution in [2.24, 2.45) is 0 Å². The maximum atomic E-state index is 12.2. The van der Waals surface area contributed by atoms with E-state index in [0.29, 0.717) is 17.7 Å². The molecule has 6 heteroatoms. The SMILES string of the molecule is O=C(O[C@@H]1CN[C@H](C(=O)O)C1)c1ccc(C(O)c2ccccc2)cc1. The number of esters is 1. The van der Waals surface area contributed by atoms with E-state index in [2.05, 4.69) is 5.32 Å². The van der Waals surface area contributed by atoms with Crippen LogP contribution in [0.5, 0.6) is 0 Å². The van der Waals surface area contributed by atoms with E-state index in [9.17, 15) is 14.7 Å². The van der Waals surface area contributed by atoms with Crippen LogP contribution in [0, 0.1) is 0 Å². The number of ether oxygens (including phenoxy) is 1. The van der Waals surface area contributed by atoms with Crippen LogP contribution in [-0.4, -0.2) is 40.8 Å². The fourth-order valence-electron chi connectivity index (χ4n) is 2.83. The Bertz CT molecular complexity index is 744. The van der Waals surface area contributed by atoms with E-state index in [0.717, 1.165) is 5.56 Å². The first kappa shape index (κ1) is 17.1. The number of benzene rings is 2. The fraction of sp³-hybridized carbons (Fsp3) is 0.263. The number of aliphatic hydroxyl groups is 1. The molecular weight excluding hydrogens is 322 g/mol. The van der Waals surface area contributed by atoms with Crippen molar-refractivity contribution in [1.29, 1.82) is 0 Å². The lowest BCUT2D eigenvalue weighted by Gasteiger charge is -2.13. The molecule has 1 unspecified atom stereocenters. The third kappa shape index (κ3) is 4.04. The second-order valence-electron chi connectivity index (χ2n) is 6.00. The second-order valence-corrected chi connectivity index (χ2v) is 6.00. The third-order valence-corrected chi connectivity index (χ3v) is 4.24. The highest BCUT2D eigenvalue weighted by molar-refractivity contribution is 5.89. The van der Waals surface area contributed by atoms with Gasteiger partial charge in [0.2, 0.25) is 0 Å². The van der Waals surface area contributed by atoms with Crippen LogP contribution in [0.2, 0.25) is 0 Å². The van der Waals surface area contributed by atoms with Crippen molar-refractivity contribution in [2.45, 2.75) is 24.7 Å². The van der Waals surface area contributed by atoms with Gasteiger partial charge >= 0.3 is 11.9 Å². The Morgan fingerprint density at radius 1 is 1.04 bits per heavy atom. The Hall–Kier alpha value is -2.70. The number of aliphatic carboxylic acids is 1. The molecule has 0 radical (unpaired) electrons. The number of rotatable bonds is 5. The summed E-state index contributed by atoms with van der Waals surface area (Å²) in [5.74, 6) is -1.45. The highest BCUT2D eigenvalue weighted by Crippen LogP contribution is 2.22. The normalized spacial score (nSPS) is 20.8. The molecule has 0 amide bonds. The van der Waals surface area contributed by atoms with E-state index in [1.54, 1.807) is 24.3 Å². The van der Waals surface area contributed by atoms with Crippen LogP contribution < -0.4 is 5.32 Å². The Morgan fingerprint density at radius 2 is 1.68 bits per heavy atom. The summed E-state index contributed by atoms with van der Waals surface area (Å²) in [5, 5.41) is 22.1. The standard InChI is InChI=1S/C19H19NO5/c21-17(12-4-2-1-3-5-12)13-6-8-14(9-7-13)19(24)25-15-10-16(18(22)23)20-11-15/h1-9,15-17,20-21H,10-11H2,(H,22,23)/t15-,16-,17?/m0/s1. The van der Waals surface area contributed by atoms with Gasteiger partial charge in [-0.1, -0.05) is 42.5 Å². The molecule has 0 bridgehead atoms. The van der Waals surface area contributed by atoms with Crippen molar-refractivity contribution in [3.8, 4) is 0 Å². The predicted molar refractivity (Wildman–Crippen MR) is 90.2 cm³/mol. The molecule has 1 aliphatic rings. The summed E-state index contributed by atoms with van der Waals surface area (Å²) in [6.07, 6.45) is -0.962. The third-order valence-electron chi connectivity index (χ3n) is 4.24. The molecule has 0 aromatic heterocycles. The molecule has 25 heavy (non-hydrogen) atoms. The quantitative estimate of drug-likeness (QED) is 0.717. The maximum Gasteiger partial charge on any atom is 0.338 e. The van der Waals surface area contributed by atoms with Crippen molar-refractivity contribution in [1.82, 2.24) is 5.32 Å². The summed E-state index contributed by atoms with van der Waals surface area (Å²) >= 11 is 0. The Balaban J connectivity index is 1.62. The van der Waals surface area contributed by atoms with Gasteiger partial charge in [-0.25, -0.2) is 4.79 Å². The lowest BCUT2D eigenvalue weighted by Crippen LogP contribution is -2.30. The van der Waals surface area contributed by atoms with Crippen molar-refractivity contribution in [3.05, 3.63) is 71.3 Å². The molecular formula is C19H19NO5. The molecule has 1 saturated heterocycles. The minimum absolute atomic E-state index is 0.256. The molecule has 1 aliphatic heterocycles. The minimum atomic E-state index is -0.946. The molecule has 6 nitrogen and oxygen atoms in total. The number of aliphatic hydroxyl groups excluding tert-OH is 1. The highest BCUT2D eigenvalue weighted by Gasteiger charge is 2.31. The molecule has 0 saturated carbocycles. The van der Waals surface area contributed by atoms with Crippen LogP contribution in [-0.2, 0) is 9.53 Å². The highest BCUT2D eigenvalue weighted by atomic mass is 16.5. The van der Waals surface area contributed by atoms with E-state index in [4.69, 9.17) is 9.84 Å². The predicted octanol–water partition coefficient (Wildman–Crippen LogP) is 1.74. The molecule has 1 heterocycles. The molecule has 130 valence electrons. The topological polar surface area (TPSA) is 95.9 Å². The summed E-state index contributed by atoms with van der Waals surface area (Å²) in [6.45, 7) is 0.327. The Kier molecular flexibility index (Phi) is 5.11. The van der Waals surface area contributed by atoms with Crippen LogP contribution in [0.1, 0.15) is 34.0 Å². The van der Waals surface area contributed by atoms with Crippen LogP contribution in [0.25, 0.3) is 0 Å². The van der Waals surface area contributed by atoms with E-state index in [1.165, 1.54) is 0 Å². The smallest absolute Gasteiger partial charge is 0.338 e. The Morgan fingerprint density at radius 3 is 2.28 bits per heavy atom. The van der Waals surface area contributed by atoms with E-state index in [1.807, 2.05) is 30.3 Å². The zero-order valence-electron chi connectivity index (χ0n) is 13.5. The van der Waals surface area contributed by atoms with E-state index in [-0.39, 0.29) is 6.42 Å². The number of carboxylic acid groups (broad SMARTS) is 1. The zero-order valence-corrected chi connectivity index (χ0v) is 13.5.